The lowest BCUT2D eigenvalue weighted by molar-refractivity contribution is 0.670. The lowest BCUT2D eigenvalue weighted by atomic mass is 9.97. The van der Waals surface area contributed by atoms with E-state index in [4.69, 9.17) is 14.4 Å². The van der Waals surface area contributed by atoms with Gasteiger partial charge in [-0.15, -0.1) is 0 Å². The van der Waals surface area contributed by atoms with Crippen molar-refractivity contribution in [3.8, 4) is 33.6 Å². The van der Waals surface area contributed by atoms with Crippen LogP contribution in [0.3, 0.4) is 0 Å². The molecule has 200 valence electrons. The van der Waals surface area contributed by atoms with Gasteiger partial charge in [0.1, 0.15) is 11.2 Å². The number of hydrogen-bond acceptors (Lipinski definition) is 3. The molecular formula is C40H24N2O. The Morgan fingerprint density at radius 1 is 0.349 bits per heavy atom. The smallest absolute Gasteiger partial charge is 0.143 e. The highest BCUT2D eigenvalue weighted by Crippen LogP contribution is 2.39. The van der Waals surface area contributed by atoms with E-state index < -0.39 is 0 Å². The van der Waals surface area contributed by atoms with Gasteiger partial charge in [0.25, 0.3) is 0 Å². The lowest BCUT2D eigenvalue weighted by Crippen LogP contribution is -1.97. The van der Waals surface area contributed by atoms with E-state index in [2.05, 4.69) is 127 Å². The molecule has 43 heavy (non-hydrogen) atoms. The minimum atomic E-state index is 0.868. The fourth-order valence-electron chi connectivity index (χ4n) is 6.44. The van der Waals surface area contributed by atoms with Gasteiger partial charge < -0.3 is 4.42 Å². The molecule has 0 amide bonds. The minimum Gasteiger partial charge on any atom is -0.455 e. The summed E-state index contributed by atoms with van der Waals surface area (Å²) in [5.41, 5.74) is 9.63. The first kappa shape index (κ1) is 23.9. The molecular weight excluding hydrogens is 524 g/mol. The maximum absolute atomic E-state index is 6.33. The Kier molecular flexibility index (Phi) is 5.20. The molecule has 0 atom stereocenters. The van der Waals surface area contributed by atoms with Crippen LogP contribution >= 0.6 is 0 Å². The average molecular weight is 549 g/mol. The van der Waals surface area contributed by atoms with E-state index in [9.17, 15) is 0 Å². The van der Waals surface area contributed by atoms with Gasteiger partial charge in [0.05, 0.1) is 22.4 Å². The van der Waals surface area contributed by atoms with Crippen molar-refractivity contribution in [1.82, 2.24) is 9.97 Å². The van der Waals surface area contributed by atoms with E-state index in [0.717, 1.165) is 77.4 Å². The zero-order valence-electron chi connectivity index (χ0n) is 23.2. The average Bonchev–Trinajstić information content (AvgIpc) is 3.47. The van der Waals surface area contributed by atoms with Crippen molar-refractivity contribution in [1.29, 1.82) is 0 Å². The van der Waals surface area contributed by atoms with Crippen LogP contribution in [0.1, 0.15) is 0 Å². The molecule has 0 N–H and O–H groups in total. The summed E-state index contributed by atoms with van der Waals surface area (Å²) in [5.74, 6) is 0. The molecule has 0 unspecified atom stereocenters. The number of nitrogens with zero attached hydrogens (tertiary/aromatic N) is 2. The molecule has 3 nitrogen and oxygen atoms in total. The summed E-state index contributed by atoms with van der Waals surface area (Å²) in [7, 11) is 0. The highest BCUT2D eigenvalue weighted by atomic mass is 16.3. The van der Waals surface area contributed by atoms with Crippen LogP contribution in [-0.4, -0.2) is 9.97 Å². The van der Waals surface area contributed by atoms with Gasteiger partial charge >= 0.3 is 0 Å². The fraction of sp³-hybridized carbons (Fsp3) is 0. The number of aromatic nitrogens is 2. The second-order valence-electron chi connectivity index (χ2n) is 10.9. The molecule has 0 saturated carbocycles. The maximum atomic E-state index is 6.33. The molecule has 0 saturated heterocycles. The summed E-state index contributed by atoms with van der Waals surface area (Å²) >= 11 is 0. The molecule has 2 heterocycles. The lowest BCUT2D eigenvalue weighted by Gasteiger charge is -2.15. The maximum Gasteiger partial charge on any atom is 0.143 e. The van der Waals surface area contributed by atoms with Crippen LogP contribution in [0.2, 0.25) is 0 Å². The third-order valence-corrected chi connectivity index (χ3v) is 8.47. The molecule has 2 aromatic heterocycles. The molecule has 0 aliphatic rings. The first-order valence-corrected chi connectivity index (χ1v) is 14.5. The Bertz CT molecular complexity index is 2490. The number of furan rings is 1. The normalized spacial score (nSPS) is 11.7. The van der Waals surface area contributed by atoms with Gasteiger partial charge in [0, 0.05) is 38.2 Å². The van der Waals surface area contributed by atoms with Crippen molar-refractivity contribution in [2.24, 2.45) is 0 Å². The Morgan fingerprint density at radius 3 is 1.49 bits per heavy atom. The standard InChI is InChI=1S/C40H24N2O/c1-2-11-26(12-3-1)36-37(42-39-33-17-7-5-14-30(33)29-13-4-6-16-32(29)38(39)41-36)27-23-21-25(22-24-27)28-18-10-19-34-31-15-8-9-20-35(31)43-40(28)34/h1-24H. The van der Waals surface area contributed by atoms with Crippen LogP contribution in [0.15, 0.2) is 150 Å². The third-order valence-electron chi connectivity index (χ3n) is 8.47. The zero-order valence-corrected chi connectivity index (χ0v) is 23.2. The number of benzene rings is 7. The number of para-hydroxylation sites is 2. The van der Waals surface area contributed by atoms with Gasteiger partial charge in [-0.2, -0.15) is 0 Å². The van der Waals surface area contributed by atoms with E-state index in [1.165, 1.54) is 10.8 Å². The molecule has 0 spiro atoms. The predicted octanol–water partition coefficient (Wildman–Crippen LogP) is 10.8. The Morgan fingerprint density at radius 2 is 0.837 bits per heavy atom. The van der Waals surface area contributed by atoms with Crippen LogP contribution in [0.5, 0.6) is 0 Å². The molecule has 0 aliphatic heterocycles. The minimum absolute atomic E-state index is 0.868. The van der Waals surface area contributed by atoms with E-state index in [1.54, 1.807) is 0 Å². The second-order valence-corrected chi connectivity index (χ2v) is 10.9. The van der Waals surface area contributed by atoms with Gasteiger partial charge in [0.15, 0.2) is 0 Å². The van der Waals surface area contributed by atoms with Gasteiger partial charge in [-0.1, -0.05) is 140 Å². The fourth-order valence-corrected chi connectivity index (χ4v) is 6.44. The van der Waals surface area contributed by atoms with Gasteiger partial charge in [-0.3, -0.25) is 0 Å². The Balaban J connectivity index is 1.28. The van der Waals surface area contributed by atoms with Gasteiger partial charge in [-0.25, -0.2) is 9.97 Å². The molecule has 0 radical (unpaired) electrons. The topological polar surface area (TPSA) is 38.9 Å². The molecule has 9 rings (SSSR count). The molecule has 0 fully saturated rings. The molecule has 9 aromatic rings. The van der Waals surface area contributed by atoms with E-state index in [0.29, 0.717) is 0 Å². The molecule has 7 aromatic carbocycles. The zero-order chi connectivity index (χ0) is 28.3. The van der Waals surface area contributed by atoms with Crippen LogP contribution in [-0.2, 0) is 0 Å². The summed E-state index contributed by atoms with van der Waals surface area (Å²) < 4.78 is 6.33. The summed E-state index contributed by atoms with van der Waals surface area (Å²) in [4.78, 5) is 10.8. The van der Waals surface area contributed by atoms with Crippen molar-refractivity contribution in [3.05, 3.63) is 146 Å². The van der Waals surface area contributed by atoms with Gasteiger partial charge in [-0.05, 0) is 22.4 Å². The van der Waals surface area contributed by atoms with Crippen molar-refractivity contribution in [2.75, 3.05) is 0 Å². The highest BCUT2D eigenvalue weighted by molar-refractivity contribution is 6.23. The van der Waals surface area contributed by atoms with Crippen molar-refractivity contribution < 1.29 is 4.42 Å². The first-order chi connectivity index (χ1) is 21.3. The second kappa shape index (κ2) is 9.37. The van der Waals surface area contributed by atoms with Crippen molar-refractivity contribution >= 4 is 54.5 Å². The number of hydrogen-bond donors (Lipinski definition) is 0. The van der Waals surface area contributed by atoms with Crippen LogP contribution in [0.4, 0.5) is 0 Å². The summed E-state index contributed by atoms with van der Waals surface area (Å²) in [6.45, 7) is 0. The molecule has 0 bridgehead atoms. The van der Waals surface area contributed by atoms with Crippen LogP contribution in [0, 0.1) is 0 Å². The largest absolute Gasteiger partial charge is 0.455 e. The van der Waals surface area contributed by atoms with Crippen molar-refractivity contribution in [2.45, 2.75) is 0 Å². The van der Waals surface area contributed by atoms with E-state index >= 15 is 0 Å². The third kappa shape index (κ3) is 3.68. The van der Waals surface area contributed by atoms with E-state index in [1.807, 2.05) is 18.2 Å². The quantitative estimate of drug-likeness (QED) is 0.206. The monoisotopic (exact) mass is 548 g/mol. The summed E-state index contributed by atoms with van der Waals surface area (Å²) in [6, 6.07) is 50.6. The predicted molar refractivity (Wildman–Crippen MR) is 178 cm³/mol. The Labute approximate surface area is 247 Å². The van der Waals surface area contributed by atoms with Gasteiger partial charge in [0.2, 0.25) is 0 Å². The first-order valence-electron chi connectivity index (χ1n) is 14.5. The Hall–Kier alpha value is -5.80. The molecule has 3 heteroatoms. The summed E-state index contributed by atoms with van der Waals surface area (Å²) in [6.07, 6.45) is 0. The number of rotatable bonds is 3. The highest BCUT2D eigenvalue weighted by Gasteiger charge is 2.18. The van der Waals surface area contributed by atoms with E-state index in [-0.39, 0.29) is 0 Å². The van der Waals surface area contributed by atoms with Crippen molar-refractivity contribution in [3.63, 3.8) is 0 Å². The summed E-state index contributed by atoms with van der Waals surface area (Å²) in [5, 5.41) is 6.86. The number of fused-ring (bicyclic) bond motifs is 9. The molecule has 0 aliphatic carbocycles. The van der Waals surface area contributed by atoms with Crippen LogP contribution < -0.4 is 0 Å². The SMILES string of the molecule is c1ccc(-c2nc3c4ccccc4c4ccccc4c3nc2-c2ccc(-c3cccc4c3oc3ccccc34)cc2)cc1. The van der Waals surface area contributed by atoms with Crippen LogP contribution in [0.25, 0.3) is 88.2 Å².